The van der Waals surface area contributed by atoms with Crippen LogP contribution in [0.4, 0.5) is 0 Å². The number of aliphatic hydroxyl groups is 1. The van der Waals surface area contributed by atoms with Crippen LogP contribution in [0.5, 0.6) is 0 Å². The highest BCUT2D eigenvalue weighted by molar-refractivity contribution is 8.00. The van der Waals surface area contributed by atoms with Gasteiger partial charge in [0.05, 0.1) is 6.10 Å². The van der Waals surface area contributed by atoms with E-state index in [4.69, 9.17) is 0 Å². The van der Waals surface area contributed by atoms with Crippen molar-refractivity contribution < 1.29 is 5.11 Å². The molecule has 0 bridgehead atoms. The summed E-state index contributed by atoms with van der Waals surface area (Å²) in [5.74, 6) is 0. The highest BCUT2D eigenvalue weighted by Crippen LogP contribution is 2.33. The largest absolute Gasteiger partial charge is 0.392 e. The van der Waals surface area contributed by atoms with Gasteiger partial charge in [0.2, 0.25) is 0 Å². The van der Waals surface area contributed by atoms with Crippen LogP contribution in [0.25, 0.3) is 0 Å². The van der Waals surface area contributed by atoms with Crippen LogP contribution >= 0.6 is 11.8 Å². The summed E-state index contributed by atoms with van der Waals surface area (Å²) < 4.78 is 0. The third-order valence-electron chi connectivity index (χ3n) is 4.10. The minimum atomic E-state index is -0.136. The molecule has 1 aromatic carbocycles. The van der Waals surface area contributed by atoms with Gasteiger partial charge in [0.15, 0.2) is 0 Å². The molecular weight excluding hydrogens is 266 g/mol. The van der Waals surface area contributed by atoms with E-state index in [1.54, 1.807) is 0 Å². The maximum Gasteiger partial charge on any atom is 0.0662 e. The first-order valence-corrected chi connectivity index (χ1v) is 8.76. The molecule has 1 aliphatic rings. The summed E-state index contributed by atoms with van der Waals surface area (Å²) in [5, 5.41) is 14.0. The summed E-state index contributed by atoms with van der Waals surface area (Å²) in [4.78, 5) is 1.28. The summed E-state index contributed by atoms with van der Waals surface area (Å²) in [7, 11) is 0. The smallest absolute Gasteiger partial charge is 0.0662 e. The molecule has 0 aliphatic heterocycles. The van der Waals surface area contributed by atoms with Gasteiger partial charge in [-0.25, -0.2) is 0 Å². The molecule has 0 radical (unpaired) electrons. The molecular formula is C17H27NOS. The minimum absolute atomic E-state index is 0.136. The lowest BCUT2D eigenvalue weighted by Crippen LogP contribution is -2.21. The first-order chi connectivity index (χ1) is 9.70. The van der Waals surface area contributed by atoms with Crippen LogP contribution in [0.3, 0.4) is 0 Å². The lowest BCUT2D eigenvalue weighted by Gasteiger charge is -2.20. The van der Waals surface area contributed by atoms with E-state index in [0.29, 0.717) is 11.3 Å². The van der Waals surface area contributed by atoms with Crippen molar-refractivity contribution in [2.75, 3.05) is 6.54 Å². The van der Waals surface area contributed by atoms with Crippen molar-refractivity contribution in [2.24, 2.45) is 0 Å². The second-order valence-corrected chi connectivity index (χ2v) is 7.02. The molecule has 2 nitrogen and oxygen atoms in total. The Balaban J connectivity index is 1.95. The number of benzene rings is 1. The van der Waals surface area contributed by atoms with Crippen LogP contribution in [0.2, 0.25) is 0 Å². The Morgan fingerprint density at radius 3 is 2.60 bits per heavy atom. The van der Waals surface area contributed by atoms with E-state index < -0.39 is 0 Å². The van der Waals surface area contributed by atoms with Gasteiger partial charge in [0.25, 0.3) is 0 Å². The van der Waals surface area contributed by atoms with Gasteiger partial charge < -0.3 is 10.4 Å². The van der Waals surface area contributed by atoms with E-state index in [-0.39, 0.29) is 6.10 Å². The third kappa shape index (κ3) is 4.51. The summed E-state index contributed by atoms with van der Waals surface area (Å²) in [6.07, 6.45) is 5.67. The normalized spacial score (nSPS) is 25.1. The van der Waals surface area contributed by atoms with Crippen LogP contribution in [-0.2, 0) is 0 Å². The predicted octanol–water partition coefficient (Wildman–Crippen LogP) is 4.14. The lowest BCUT2D eigenvalue weighted by atomic mass is 10.1. The van der Waals surface area contributed by atoms with E-state index in [1.165, 1.54) is 29.7 Å². The molecule has 3 atom stereocenters. The van der Waals surface area contributed by atoms with Gasteiger partial charge in [-0.1, -0.05) is 38.3 Å². The van der Waals surface area contributed by atoms with Crippen molar-refractivity contribution in [3.8, 4) is 0 Å². The molecule has 1 fully saturated rings. The third-order valence-corrected chi connectivity index (χ3v) is 5.49. The van der Waals surface area contributed by atoms with Gasteiger partial charge in [-0.3, -0.25) is 0 Å². The van der Waals surface area contributed by atoms with Gasteiger partial charge in [-0.2, -0.15) is 0 Å². The number of nitrogens with one attached hydrogen (secondary N) is 1. The molecule has 20 heavy (non-hydrogen) atoms. The van der Waals surface area contributed by atoms with Crippen molar-refractivity contribution in [1.82, 2.24) is 5.32 Å². The first-order valence-electron chi connectivity index (χ1n) is 7.88. The molecule has 3 unspecified atom stereocenters. The van der Waals surface area contributed by atoms with Crippen LogP contribution in [0, 0.1) is 0 Å². The van der Waals surface area contributed by atoms with Crippen LogP contribution in [0.15, 0.2) is 29.2 Å². The molecule has 0 heterocycles. The van der Waals surface area contributed by atoms with Crippen molar-refractivity contribution in [3.05, 3.63) is 29.8 Å². The van der Waals surface area contributed by atoms with E-state index in [9.17, 15) is 5.11 Å². The molecule has 2 rings (SSSR count). The Labute approximate surface area is 127 Å². The fourth-order valence-electron chi connectivity index (χ4n) is 2.83. The molecule has 112 valence electrons. The van der Waals surface area contributed by atoms with Crippen molar-refractivity contribution in [2.45, 2.75) is 68.2 Å². The van der Waals surface area contributed by atoms with E-state index in [2.05, 4.69) is 43.4 Å². The number of hydrogen-bond acceptors (Lipinski definition) is 3. The lowest BCUT2D eigenvalue weighted by molar-refractivity contribution is 0.163. The second kappa shape index (κ2) is 8.06. The Morgan fingerprint density at radius 2 is 1.90 bits per heavy atom. The second-order valence-electron chi connectivity index (χ2n) is 5.71. The average Bonchev–Trinajstić information content (AvgIpc) is 2.65. The molecule has 0 saturated heterocycles. The molecule has 2 N–H and O–H groups in total. The summed E-state index contributed by atoms with van der Waals surface area (Å²) in [6, 6.07) is 9.22. The van der Waals surface area contributed by atoms with Crippen molar-refractivity contribution in [3.63, 3.8) is 0 Å². The number of hydrogen-bond donors (Lipinski definition) is 2. The minimum Gasteiger partial charge on any atom is -0.392 e. The number of aliphatic hydroxyl groups excluding tert-OH is 1. The van der Waals surface area contributed by atoms with Gasteiger partial charge in [-0.15, -0.1) is 11.8 Å². The van der Waals surface area contributed by atoms with Gasteiger partial charge in [0, 0.05) is 16.2 Å². The Morgan fingerprint density at radius 1 is 1.20 bits per heavy atom. The summed E-state index contributed by atoms with van der Waals surface area (Å²) in [5.41, 5.74) is 1.33. The van der Waals surface area contributed by atoms with Crippen molar-refractivity contribution in [1.29, 1.82) is 0 Å². The SMILES string of the molecule is CCNC(C)c1ccc(SC2CCCCCC2O)cc1. The molecule has 0 spiro atoms. The fraction of sp³-hybridized carbons (Fsp3) is 0.647. The number of thioether (sulfide) groups is 1. The molecule has 0 aromatic heterocycles. The summed E-state index contributed by atoms with van der Waals surface area (Å²) >= 11 is 1.85. The summed E-state index contributed by atoms with van der Waals surface area (Å²) in [6.45, 7) is 5.32. The highest BCUT2D eigenvalue weighted by Gasteiger charge is 2.22. The highest BCUT2D eigenvalue weighted by atomic mass is 32.2. The van der Waals surface area contributed by atoms with E-state index >= 15 is 0 Å². The molecule has 0 amide bonds. The molecule has 3 heteroatoms. The topological polar surface area (TPSA) is 32.3 Å². The van der Waals surface area contributed by atoms with Crippen LogP contribution in [0.1, 0.15) is 57.6 Å². The van der Waals surface area contributed by atoms with Crippen LogP contribution in [-0.4, -0.2) is 23.0 Å². The van der Waals surface area contributed by atoms with E-state index in [1.807, 2.05) is 11.8 Å². The Bertz CT molecular complexity index is 392. The van der Waals surface area contributed by atoms with Gasteiger partial charge in [-0.05, 0) is 44.0 Å². The Hall–Kier alpha value is -0.510. The predicted molar refractivity (Wildman–Crippen MR) is 87.3 cm³/mol. The zero-order valence-electron chi connectivity index (χ0n) is 12.6. The van der Waals surface area contributed by atoms with Gasteiger partial charge in [0.1, 0.15) is 0 Å². The van der Waals surface area contributed by atoms with E-state index in [0.717, 1.165) is 19.4 Å². The average molecular weight is 293 g/mol. The zero-order valence-corrected chi connectivity index (χ0v) is 13.5. The molecule has 1 saturated carbocycles. The first kappa shape index (κ1) is 15.9. The Kier molecular flexibility index (Phi) is 6.40. The zero-order chi connectivity index (χ0) is 14.4. The standard InChI is InChI=1S/C17H27NOS/c1-3-18-13(2)14-9-11-15(12-10-14)20-17-8-6-4-5-7-16(17)19/h9-13,16-19H,3-8H2,1-2H3. The molecule has 1 aromatic rings. The van der Waals surface area contributed by atoms with Crippen LogP contribution < -0.4 is 5.32 Å². The maximum atomic E-state index is 10.2. The van der Waals surface area contributed by atoms with Gasteiger partial charge >= 0.3 is 0 Å². The molecule has 1 aliphatic carbocycles. The maximum absolute atomic E-state index is 10.2. The fourth-order valence-corrected chi connectivity index (χ4v) is 4.05. The van der Waals surface area contributed by atoms with Crippen molar-refractivity contribution >= 4 is 11.8 Å². The monoisotopic (exact) mass is 293 g/mol. The quantitative estimate of drug-likeness (QED) is 0.800. The number of rotatable bonds is 5.